The molecular formula is C10H6BrNO2S. The fourth-order valence-electron chi connectivity index (χ4n) is 1.17. The van der Waals surface area contributed by atoms with E-state index in [1.807, 2.05) is 10.8 Å². The summed E-state index contributed by atoms with van der Waals surface area (Å²) in [5.41, 5.74) is 2.00. The van der Waals surface area contributed by atoms with E-state index in [1.165, 1.54) is 6.07 Å². The standard InChI is InChI=1S/C10H6BrNO2S/c11-8-5-15-4-7(8)6-1-2-9(10(13)14)12-3-6/h1-5H,(H,13,14). The Labute approximate surface area is 98.5 Å². The van der Waals surface area contributed by atoms with Crippen molar-refractivity contribution in [2.45, 2.75) is 0 Å². The van der Waals surface area contributed by atoms with Crippen LogP contribution in [-0.2, 0) is 0 Å². The minimum atomic E-state index is -1.01. The zero-order valence-corrected chi connectivity index (χ0v) is 9.88. The molecular weight excluding hydrogens is 278 g/mol. The van der Waals surface area contributed by atoms with Crippen LogP contribution in [0.4, 0.5) is 0 Å². The normalized spacial score (nSPS) is 10.2. The molecule has 0 unspecified atom stereocenters. The maximum absolute atomic E-state index is 10.6. The van der Waals surface area contributed by atoms with E-state index in [0.717, 1.165) is 15.6 Å². The van der Waals surface area contributed by atoms with E-state index in [2.05, 4.69) is 20.9 Å². The third kappa shape index (κ3) is 2.08. The van der Waals surface area contributed by atoms with Gasteiger partial charge < -0.3 is 5.11 Å². The molecule has 0 aromatic carbocycles. The van der Waals surface area contributed by atoms with Gasteiger partial charge in [-0.2, -0.15) is 11.3 Å². The Kier molecular flexibility index (Phi) is 2.83. The molecule has 76 valence electrons. The Balaban J connectivity index is 2.40. The quantitative estimate of drug-likeness (QED) is 0.920. The second-order valence-corrected chi connectivity index (χ2v) is 4.47. The number of hydrogen-bond donors (Lipinski definition) is 1. The van der Waals surface area contributed by atoms with Gasteiger partial charge in [-0.3, -0.25) is 0 Å². The summed E-state index contributed by atoms with van der Waals surface area (Å²) in [5.74, 6) is -1.01. The van der Waals surface area contributed by atoms with Crippen molar-refractivity contribution in [2.24, 2.45) is 0 Å². The maximum atomic E-state index is 10.6. The van der Waals surface area contributed by atoms with E-state index in [9.17, 15) is 4.79 Å². The molecule has 0 bridgehead atoms. The van der Waals surface area contributed by atoms with E-state index in [4.69, 9.17) is 5.11 Å². The van der Waals surface area contributed by atoms with Crippen molar-refractivity contribution < 1.29 is 9.90 Å². The van der Waals surface area contributed by atoms with Crippen molar-refractivity contribution in [3.05, 3.63) is 39.3 Å². The molecule has 2 aromatic heterocycles. The van der Waals surface area contributed by atoms with Gasteiger partial charge in [-0.05, 0) is 27.4 Å². The molecule has 0 amide bonds. The minimum Gasteiger partial charge on any atom is -0.477 e. The molecule has 5 heteroatoms. The predicted octanol–water partition coefficient (Wildman–Crippen LogP) is 3.27. The summed E-state index contributed by atoms with van der Waals surface area (Å²) < 4.78 is 0.998. The Bertz CT molecular complexity index is 492. The molecule has 0 atom stereocenters. The van der Waals surface area contributed by atoms with Crippen LogP contribution in [0.3, 0.4) is 0 Å². The Hall–Kier alpha value is -1.20. The fourth-order valence-corrected chi connectivity index (χ4v) is 2.70. The molecule has 3 nitrogen and oxygen atoms in total. The van der Waals surface area contributed by atoms with Crippen LogP contribution in [0, 0.1) is 0 Å². The van der Waals surface area contributed by atoms with Crippen molar-refractivity contribution >= 4 is 33.2 Å². The largest absolute Gasteiger partial charge is 0.477 e. The van der Waals surface area contributed by atoms with Crippen LogP contribution in [-0.4, -0.2) is 16.1 Å². The summed E-state index contributed by atoms with van der Waals surface area (Å²) in [6.07, 6.45) is 1.57. The molecule has 0 aliphatic rings. The molecule has 2 rings (SSSR count). The van der Waals surface area contributed by atoms with Gasteiger partial charge in [0, 0.05) is 27.2 Å². The first-order valence-corrected chi connectivity index (χ1v) is 5.83. The number of aromatic nitrogens is 1. The zero-order valence-electron chi connectivity index (χ0n) is 7.48. The number of aromatic carboxylic acids is 1. The van der Waals surface area contributed by atoms with Crippen LogP contribution >= 0.6 is 27.3 Å². The Morgan fingerprint density at radius 2 is 2.20 bits per heavy atom. The van der Waals surface area contributed by atoms with E-state index in [-0.39, 0.29) is 5.69 Å². The van der Waals surface area contributed by atoms with Crippen LogP contribution in [0.1, 0.15) is 10.5 Å². The van der Waals surface area contributed by atoms with Crippen molar-refractivity contribution in [3.63, 3.8) is 0 Å². The second-order valence-electron chi connectivity index (χ2n) is 2.87. The van der Waals surface area contributed by atoms with Crippen molar-refractivity contribution in [3.8, 4) is 11.1 Å². The van der Waals surface area contributed by atoms with E-state index in [0.29, 0.717) is 0 Å². The smallest absolute Gasteiger partial charge is 0.354 e. The highest BCUT2D eigenvalue weighted by Crippen LogP contribution is 2.30. The molecule has 0 fully saturated rings. The number of carboxylic acid groups (broad SMARTS) is 1. The second kappa shape index (κ2) is 4.12. The summed E-state index contributed by atoms with van der Waals surface area (Å²) in [5, 5.41) is 12.7. The number of rotatable bonds is 2. The molecule has 2 heterocycles. The number of carbonyl (C=O) groups is 1. The summed E-state index contributed by atoms with van der Waals surface area (Å²) in [4.78, 5) is 14.5. The van der Waals surface area contributed by atoms with Crippen molar-refractivity contribution in [1.29, 1.82) is 0 Å². The first-order chi connectivity index (χ1) is 7.18. The van der Waals surface area contributed by atoms with Gasteiger partial charge in [-0.25, -0.2) is 9.78 Å². The summed E-state index contributed by atoms with van der Waals surface area (Å²) >= 11 is 5.00. The van der Waals surface area contributed by atoms with E-state index >= 15 is 0 Å². The highest BCUT2D eigenvalue weighted by atomic mass is 79.9. The van der Waals surface area contributed by atoms with Gasteiger partial charge in [0.25, 0.3) is 0 Å². The minimum absolute atomic E-state index is 0.0603. The molecule has 1 N–H and O–H groups in total. The summed E-state index contributed by atoms with van der Waals surface area (Å²) in [6.45, 7) is 0. The Morgan fingerprint density at radius 1 is 1.40 bits per heavy atom. The lowest BCUT2D eigenvalue weighted by molar-refractivity contribution is 0.0690. The highest BCUT2D eigenvalue weighted by molar-refractivity contribution is 9.10. The molecule has 0 saturated heterocycles. The molecule has 0 aliphatic heterocycles. The van der Waals surface area contributed by atoms with Gasteiger partial charge >= 0.3 is 5.97 Å². The number of halogens is 1. The van der Waals surface area contributed by atoms with Crippen molar-refractivity contribution in [2.75, 3.05) is 0 Å². The lowest BCUT2D eigenvalue weighted by Gasteiger charge is -1.99. The average molecular weight is 284 g/mol. The van der Waals surface area contributed by atoms with Crippen LogP contribution < -0.4 is 0 Å². The Morgan fingerprint density at radius 3 is 2.67 bits per heavy atom. The predicted molar refractivity (Wildman–Crippen MR) is 62.2 cm³/mol. The zero-order chi connectivity index (χ0) is 10.8. The number of carboxylic acids is 1. The van der Waals surface area contributed by atoms with Gasteiger partial charge in [0.15, 0.2) is 0 Å². The first-order valence-electron chi connectivity index (χ1n) is 4.10. The maximum Gasteiger partial charge on any atom is 0.354 e. The average Bonchev–Trinajstić information content (AvgIpc) is 2.65. The number of pyridine rings is 1. The number of hydrogen-bond acceptors (Lipinski definition) is 3. The first kappa shape index (κ1) is 10.3. The lowest BCUT2D eigenvalue weighted by Crippen LogP contribution is -1.98. The number of nitrogens with zero attached hydrogens (tertiary/aromatic N) is 1. The number of thiophene rings is 1. The van der Waals surface area contributed by atoms with Crippen LogP contribution in [0.15, 0.2) is 33.6 Å². The molecule has 0 aliphatic carbocycles. The van der Waals surface area contributed by atoms with Gasteiger partial charge in [-0.15, -0.1) is 0 Å². The molecule has 0 spiro atoms. The third-order valence-electron chi connectivity index (χ3n) is 1.91. The highest BCUT2D eigenvalue weighted by Gasteiger charge is 2.07. The lowest BCUT2D eigenvalue weighted by atomic mass is 10.1. The van der Waals surface area contributed by atoms with Crippen molar-refractivity contribution in [1.82, 2.24) is 4.98 Å². The summed E-state index contributed by atoms with van der Waals surface area (Å²) in [6, 6.07) is 3.26. The van der Waals surface area contributed by atoms with E-state index in [1.54, 1.807) is 23.6 Å². The van der Waals surface area contributed by atoms with Crippen LogP contribution in [0.5, 0.6) is 0 Å². The van der Waals surface area contributed by atoms with Gasteiger partial charge in [0.1, 0.15) is 5.69 Å². The van der Waals surface area contributed by atoms with Crippen LogP contribution in [0.2, 0.25) is 0 Å². The molecule has 2 aromatic rings. The van der Waals surface area contributed by atoms with Crippen LogP contribution in [0.25, 0.3) is 11.1 Å². The third-order valence-corrected chi connectivity index (χ3v) is 3.61. The van der Waals surface area contributed by atoms with Gasteiger partial charge in [0.2, 0.25) is 0 Å². The molecule has 15 heavy (non-hydrogen) atoms. The van der Waals surface area contributed by atoms with E-state index < -0.39 is 5.97 Å². The summed E-state index contributed by atoms with van der Waals surface area (Å²) in [7, 11) is 0. The SMILES string of the molecule is O=C(O)c1ccc(-c2cscc2Br)cn1. The monoisotopic (exact) mass is 283 g/mol. The fraction of sp³-hybridized carbons (Fsp3) is 0. The molecule has 0 saturated carbocycles. The molecule has 0 radical (unpaired) electrons. The van der Waals surface area contributed by atoms with Gasteiger partial charge in [0.05, 0.1) is 0 Å². The topological polar surface area (TPSA) is 50.2 Å². The van der Waals surface area contributed by atoms with Gasteiger partial charge in [-0.1, -0.05) is 6.07 Å².